The fourth-order valence-electron chi connectivity index (χ4n) is 3.15. The third-order valence-corrected chi connectivity index (χ3v) is 4.77. The lowest BCUT2D eigenvalue weighted by Gasteiger charge is -2.27. The molecule has 0 bridgehead atoms. The van der Waals surface area contributed by atoms with Crippen LogP contribution in [0.5, 0.6) is 0 Å². The third-order valence-electron chi connectivity index (χ3n) is 4.77. The van der Waals surface area contributed by atoms with Gasteiger partial charge in [0.05, 0.1) is 6.54 Å². The molecule has 2 rings (SSSR count). The zero-order valence-electron chi connectivity index (χ0n) is 15.4. The minimum Gasteiger partial charge on any atom is -0.348 e. The summed E-state index contributed by atoms with van der Waals surface area (Å²) in [5.41, 5.74) is 2.41. The average Bonchev–Trinajstić information content (AvgIpc) is 3.10. The predicted molar refractivity (Wildman–Crippen MR) is 96.7 cm³/mol. The Labute approximate surface area is 153 Å². The Kier molecular flexibility index (Phi) is 6.49. The standard InChI is InChI=1S/C19H25N3O4/c1-12-6-4-7-15(13(12)2)17(24)21-14(3)19(26)22-10-5-8-16(22)18(25)20-9-11-23/h4,6-7,11,14,16H,5,8-10H2,1-3H3,(H,20,25)(H,21,24)/t14-,16-/m0/s1. The Balaban J connectivity index is 2.04. The van der Waals surface area contributed by atoms with E-state index in [0.717, 1.165) is 11.1 Å². The van der Waals surface area contributed by atoms with Crippen molar-refractivity contribution in [1.82, 2.24) is 15.5 Å². The smallest absolute Gasteiger partial charge is 0.252 e. The lowest BCUT2D eigenvalue weighted by molar-refractivity contribution is -0.139. The van der Waals surface area contributed by atoms with E-state index < -0.39 is 12.1 Å². The van der Waals surface area contributed by atoms with Gasteiger partial charge in [-0.05, 0) is 50.8 Å². The van der Waals surface area contributed by atoms with Crippen LogP contribution in [-0.4, -0.2) is 54.1 Å². The summed E-state index contributed by atoms with van der Waals surface area (Å²) in [5, 5.41) is 5.22. The van der Waals surface area contributed by atoms with Crippen LogP contribution in [0, 0.1) is 13.8 Å². The molecule has 1 saturated heterocycles. The molecule has 140 valence electrons. The number of likely N-dealkylation sites (tertiary alicyclic amines) is 1. The lowest BCUT2D eigenvalue weighted by atomic mass is 10.0. The zero-order chi connectivity index (χ0) is 19.3. The molecule has 0 aliphatic carbocycles. The third kappa shape index (κ3) is 4.28. The number of nitrogens with zero attached hydrogens (tertiary/aromatic N) is 1. The number of amides is 3. The average molecular weight is 359 g/mol. The predicted octanol–water partition coefficient (Wildman–Crippen LogP) is 0.728. The Morgan fingerprint density at radius 2 is 2.04 bits per heavy atom. The number of nitrogens with one attached hydrogen (secondary N) is 2. The van der Waals surface area contributed by atoms with Gasteiger partial charge in [0.25, 0.3) is 5.91 Å². The van der Waals surface area contributed by atoms with Crippen molar-refractivity contribution in [3.05, 3.63) is 34.9 Å². The van der Waals surface area contributed by atoms with Gasteiger partial charge in [0.1, 0.15) is 18.4 Å². The number of rotatable bonds is 6. The SMILES string of the molecule is Cc1cccc(C(=O)N[C@@H](C)C(=O)N2CCC[C@H]2C(=O)NCC=O)c1C. The molecule has 1 aliphatic heterocycles. The van der Waals surface area contributed by atoms with Gasteiger partial charge in [0.2, 0.25) is 11.8 Å². The Morgan fingerprint density at radius 1 is 1.31 bits per heavy atom. The highest BCUT2D eigenvalue weighted by molar-refractivity contribution is 5.99. The quantitative estimate of drug-likeness (QED) is 0.732. The summed E-state index contributed by atoms with van der Waals surface area (Å²) >= 11 is 0. The fourth-order valence-corrected chi connectivity index (χ4v) is 3.15. The first-order valence-electron chi connectivity index (χ1n) is 8.75. The first-order chi connectivity index (χ1) is 12.4. The highest BCUT2D eigenvalue weighted by Gasteiger charge is 2.36. The van der Waals surface area contributed by atoms with Gasteiger partial charge in [0.15, 0.2) is 0 Å². The van der Waals surface area contributed by atoms with Crippen LogP contribution in [0.25, 0.3) is 0 Å². The monoisotopic (exact) mass is 359 g/mol. The van der Waals surface area contributed by atoms with Crippen molar-refractivity contribution < 1.29 is 19.2 Å². The van der Waals surface area contributed by atoms with Gasteiger partial charge in [-0.3, -0.25) is 14.4 Å². The first-order valence-corrected chi connectivity index (χ1v) is 8.75. The Hall–Kier alpha value is -2.70. The normalized spacial score (nSPS) is 17.5. The molecule has 0 aromatic heterocycles. The number of hydrogen-bond donors (Lipinski definition) is 2. The summed E-state index contributed by atoms with van der Waals surface area (Å²) in [5.74, 6) is -0.948. The maximum atomic E-state index is 12.7. The minimum atomic E-state index is -0.748. The van der Waals surface area contributed by atoms with Gasteiger partial charge in [-0.25, -0.2) is 0 Å². The zero-order valence-corrected chi connectivity index (χ0v) is 15.4. The largest absolute Gasteiger partial charge is 0.348 e. The number of carbonyl (C=O) groups is 4. The number of hydrogen-bond acceptors (Lipinski definition) is 4. The molecule has 2 atom stereocenters. The molecule has 1 heterocycles. The molecule has 1 aromatic carbocycles. The van der Waals surface area contributed by atoms with Crippen LogP contribution >= 0.6 is 0 Å². The summed E-state index contributed by atoms with van der Waals surface area (Å²) in [7, 11) is 0. The molecular weight excluding hydrogens is 334 g/mol. The molecule has 1 fully saturated rings. The molecule has 3 amide bonds. The summed E-state index contributed by atoms with van der Waals surface area (Å²) in [6.45, 7) is 5.79. The first kappa shape index (κ1) is 19.6. The molecular formula is C19H25N3O4. The van der Waals surface area contributed by atoms with Crippen molar-refractivity contribution in [3.8, 4) is 0 Å². The summed E-state index contributed by atoms with van der Waals surface area (Å²) in [6.07, 6.45) is 1.86. The molecule has 0 radical (unpaired) electrons. The molecule has 0 saturated carbocycles. The van der Waals surface area contributed by atoms with Gasteiger partial charge < -0.3 is 20.3 Å². The highest BCUT2D eigenvalue weighted by atomic mass is 16.2. The van der Waals surface area contributed by atoms with Crippen LogP contribution in [0.1, 0.15) is 41.3 Å². The van der Waals surface area contributed by atoms with Gasteiger partial charge in [-0.2, -0.15) is 0 Å². The van der Waals surface area contributed by atoms with E-state index in [1.807, 2.05) is 19.9 Å². The van der Waals surface area contributed by atoms with E-state index in [4.69, 9.17) is 0 Å². The van der Waals surface area contributed by atoms with E-state index in [9.17, 15) is 19.2 Å². The number of carbonyl (C=O) groups excluding carboxylic acids is 4. The lowest BCUT2D eigenvalue weighted by Crippen LogP contribution is -2.52. The van der Waals surface area contributed by atoms with Gasteiger partial charge in [-0.15, -0.1) is 0 Å². The maximum absolute atomic E-state index is 12.7. The number of aryl methyl sites for hydroxylation is 1. The second-order valence-corrected chi connectivity index (χ2v) is 6.54. The fraction of sp³-hybridized carbons (Fsp3) is 0.474. The van der Waals surface area contributed by atoms with Crippen molar-refractivity contribution in [3.63, 3.8) is 0 Å². The minimum absolute atomic E-state index is 0.0731. The van der Waals surface area contributed by atoms with Crippen LogP contribution in [-0.2, 0) is 14.4 Å². The molecule has 2 N–H and O–H groups in total. The van der Waals surface area contributed by atoms with Crippen LogP contribution in [0.15, 0.2) is 18.2 Å². The molecule has 1 aromatic rings. The van der Waals surface area contributed by atoms with Crippen LogP contribution < -0.4 is 10.6 Å². The summed E-state index contributed by atoms with van der Waals surface area (Å²) in [6, 6.07) is 4.11. The van der Waals surface area contributed by atoms with Crippen molar-refractivity contribution in [1.29, 1.82) is 0 Å². The number of aldehydes is 1. The van der Waals surface area contributed by atoms with Crippen molar-refractivity contribution in [2.24, 2.45) is 0 Å². The van der Waals surface area contributed by atoms with Crippen molar-refractivity contribution in [2.75, 3.05) is 13.1 Å². The molecule has 0 spiro atoms. The molecule has 26 heavy (non-hydrogen) atoms. The Bertz CT molecular complexity index is 717. The topological polar surface area (TPSA) is 95.6 Å². The second kappa shape index (κ2) is 8.60. The molecule has 7 nitrogen and oxygen atoms in total. The van der Waals surface area contributed by atoms with Crippen molar-refractivity contribution in [2.45, 2.75) is 45.7 Å². The van der Waals surface area contributed by atoms with E-state index in [0.29, 0.717) is 31.2 Å². The second-order valence-electron chi connectivity index (χ2n) is 6.54. The van der Waals surface area contributed by atoms with E-state index in [1.165, 1.54) is 4.90 Å². The van der Waals surface area contributed by atoms with Crippen LogP contribution in [0.3, 0.4) is 0 Å². The van der Waals surface area contributed by atoms with Crippen LogP contribution in [0.4, 0.5) is 0 Å². The van der Waals surface area contributed by atoms with Crippen LogP contribution in [0.2, 0.25) is 0 Å². The molecule has 7 heteroatoms. The Morgan fingerprint density at radius 3 is 2.73 bits per heavy atom. The molecule has 1 aliphatic rings. The van der Waals surface area contributed by atoms with Gasteiger partial charge in [-0.1, -0.05) is 12.1 Å². The summed E-state index contributed by atoms with van der Waals surface area (Å²) < 4.78 is 0. The summed E-state index contributed by atoms with van der Waals surface area (Å²) in [4.78, 5) is 49.2. The van der Waals surface area contributed by atoms with E-state index in [2.05, 4.69) is 10.6 Å². The van der Waals surface area contributed by atoms with Gasteiger partial charge >= 0.3 is 0 Å². The van der Waals surface area contributed by atoms with E-state index in [1.54, 1.807) is 19.1 Å². The van der Waals surface area contributed by atoms with E-state index in [-0.39, 0.29) is 24.3 Å². The van der Waals surface area contributed by atoms with Crippen molar-refractivity contribution >= 4 is 24.0 Å². The maximum Gasteiger partial charge on any atom is 0.252 e. The highest BCUT2D eigenvalue weighted by Crippen LogP contribution is 2.19. The van der Waals surface area contributed by atoms with E-state index >= 15 is 0 Å². The molecule has 0 unspecified atom stereocenters. The number of benzene rings is 1. The van der Waals surface area contributed by atoms with Gasteiger partial charge in [0, 0.05) is 12.1 Å².